The lowest BCUT2D eigenvalue weighted by atomic mass is 9.89. The molecule has 5 heteroatoms. The first-order chi connectivity index (χ1) is 10.6. The van der Waals surface area contributed by atoms with Crippen LogP contribution in [0.5, 0.6) is 0 Å². The molecule has 1 aliphatic carbocycles. The number of rotatable bonds is 2. The Bertz CT molecular complexity index is 710. The van der Waals surface area contributed by atoms with Crippen molar-refractivity contribution in [3.63, 3.8) is 0 Å². The minimum atomic E-state index is -0.866. The topological polar surface area (TPSA) is 53.9 Å². The third kappa shape index (κ3) is 2.77. The smallest absolute Gasteiger partial charge is 0.353 e. The molecule has 0 saturated carbocycles. The van der Waals surface area contributed by atoms with Gasteiger partial charge in [-0.2, -0.15) is 0 Å². The van der Waals surface area contributed by atoms with Crippen LogP contribution in [0.2, 0.25) is 0 Å². The Hall–Kier alpha value is -2.11. The van der Waals surface area contributed by atoms with Gasteiger partial charge in [0, 0.05) is 6.07 Å². The highest BCUT2D eigenvalue weighted by atomic mass is 19.1. The molecule has 22 heavy (non-hydrogen) atoms. The summed E-state index contributed by atoms with van der Waals surface area (Å²) in [6, 6.07) is 8.61. The molecule has 2 aromatic carbocycles. The van der Waals surface area contributed by atoms with Gasteiger partial charge in [-0.05, 0) is 48.6 Å². The van der Waals surface area contributed by atoms with Crippen LogP contribution in [0, 0.1) is 11.6 Å². The SMILES string of the molecule is O=C([NH2+]c1ccc2c(c1)CCCC2O)c1c(F)cccc1F. The average Bonchev–Trinajstić information content (AvgIpc) is 2.47. The molecule has 1 aliphatic rings. The molecule has 0 aromatic heterocycles. The number of quaternary nitrogens is 1. The Labute approximate surface area is 126 Å². The maximum Gasteiger partial charge on any atom is 0.353 e. The van der Waals surface area contributed by atoms with Crippen molar-refractivity contribution >= 4 is 11.6 Å². The molecule has 0 bridgehead atoms. The predicted molar refractivity (Wildman–Crippen MR) is 76.6 cm³/mol. The summed E-state index contributed by atoms with van der Waals surface area (Å²) in [5, 5.41) is 11.1. The molecule has 3 nitrogen and oxygen atoms in total. The number of carbonyl (C=O) groups excluding carboxylic acids is 1. The van der Waals surface area contributed by atoms with E-state index in [0.29, 0.717) is 5.69 Å². The Kier molecular flexibility index (Phi) is 4.00. The van der Waals surface area contributed by atoms with Crippen LogP contribution >= 0.6 is 0 Å². The number of halogens is 2. The van der Waals surface area contributed by atoms with E-state index in [9.17, 15) is 18.7 Å². The monoisotopic (exact) mass is 304 g/mol. The third-order valence-corrected chi connectivity index (χ3v) is 3.96. The van der Waals surface area contributed by atoms with Gasteiger partial charge in [-0.25, -0.2) is 18.9 Å². The van der Waals surface area contributed by atoms with Crippen molar-refractivity contribution in [2.24, 2.45) is 0 Å². The number of hydrogen-bond donors (Lipinski definition) is 2. The van der Waals surface area contributed by atoms with E-state index in [0.717, 1.165) is 42.5 Å². The highest BCUT2D eigenvalue weighted by Crippen LogP contribution is 2.30. The second kappa shape index (κ2) is 5.94. The molecule has 0 heterocycles. The molecule has 0 spiro atoms. The molecule has 2 aromatic rings. The summed E-state index contributed by atoms with van der Waals surface area (Å²) in [5.41, 5.74) is 1.89. The predicted octanol–water partition coefficient (Wildman–Crippen LogP) is 2.37. The van der Waals surface area contributed by atoms with Crippen LogP contribution in [0.25, 0.3) is 0 Å². The van der Waals surface area contributed by atoms with Gasteiger partial charge in [0.2, 0.25) is 0 Å². The number of fused-ring (bicyclic) bond motifs is 1. The van der Waals surface area contributed by atoms with Crippen molar-refractivity contribution in [3.8, 4) is 0 Å². The quantitative estimate of drug-likeness (QED) is 0.837. The second-order valence-corrected chi connectivity index (χ2v) is 5.47. The van der Waals surface area contributed by atoms with Crippen LogP contribution < -0.4 is 5.32 Å². The van der Waals surface area contributed by atoms with Gasteiger partial charge in [-0.15, -0.1) is 0 Å². The fourth-order valence-electron chi connectivity index (χ4n) is 2.86. The molecule has 0 fully saturated rings. The lowest BCUT2D eigenvalue weighted by Crippen LogP contribution is -2.82. The van der Waals surface area contributed by atoms with E-state index in [-0.39, 0.29) is 0 Å². The van der Waals surface area contributed by atoms with E-state index in [2.05, 4.69) is 0 Å². The minimum Gasteiger partial charge on any atom is -0.388 e. The Morgan fingerprint density at radius 3 is 2.64 bits per heavy atom. The second-order valence-electron chi connectivity index (χ2n) is 5.47. The van der Waals surface area contributed by atoms with E-state index < -0.39 is 29.2 Å². The molecule has 3 N–H and O–H groups in total. The van der Waals surface area contributed by atoms with E-state index in [4.69, 9.17) is 0 Å². The number of hydrogen-bond acceptors (Lipinski definition) is 2. The van der Waals surface area contributed by atoms with Crippen molar-refractivity contribution in [2.45, 2.75) is 25.4 Å². The maximum absolute atomic E-state index is 13.6. The van der Waals surface area contributed by atoms with E-state index >= 15 is 0 Å². The van der Waals surface area contributed by atoms with Gasteiger partial charge in [0.1, 0.15) is 17.3 Å². The van der Waals surface area contributed by atoms with Crippen molar-refractivity contribution in [1.29, 1.82) is 0 Å². The molecule has 0 radical (unpaired) electrons. The molecular weight excluding hydrogens is 288 g/mol. The molecule has 1 amide bonds. The number of nitrogens with two attached hydrogens (primary N) is 1. The standard InChI is InChI=1S/C17H15F2NO2/c18-13-4-2-5-14(19)16(13)17(22)20-11-7-8-12-10(9-11)3-1-6-15(12)21/h2,4-5,7-9,15,21H,1,3,6H2,(H,20,22)/p+1. The fraction of sp³-hybridized carbons (Fsp3) is 0.235. The number of primary amides is 1. The van der Waals surface area contributed by atoms with Gasteiger partial charge in [0.25, 0.3) is 0 Å². The summed E-state index contributed by atoms with van der Waals surface area (Å²) in [5.74, 6) is -2.43. The van der Waals surface area contributed by atoms with E-state index in [1.165, 1.54) is 11.4 Å². The van der Waals surface area contributed by atoms with Crippen LogP contribution in [-0.2, 0) is 6.42 Å². The molecule has 0 saturated heterocycles. The molecular formula is C17H16F2NO2+. The Morgan fingerprint density at radius 1 is 1.18 bits per heavy atom. The summed E-state index contributed by atoms with van der Waals surface area (Å²) in [6.07, 6.45) is 1.97. The van der Waals surface area contributed by atoms with Gasteiger partial charge < -0.3 is 5.11 Å². The first-order valence-corrected chi connectivity index (χ1v) is 7.20. The Balaban J connectivity index is 1.86. The zero-order chi connectivity index (χ0) is 15.7. The molecule has 1 unspecified atom stereocenters. The Morgan fingerprint density at radius 2 is 1.91 bits per heavy atom. The summed E-state index contributed by atoms with van der Waals surface area (Å²) < 4.78 is 27.2. The van der Waals surface area contributed by atoms with Crippen molar-refractivity contribution in [3.05, 3.63) is 64.7 Å². The van der Waals surface area contributed by atoms with Gasteiger partial charge in [0.15, 0.2) is 5.56 Å². The largest absolute Gasteiger partial charge is 0.388 e. The number of aliphatic hydroxyl groups is 1. The van der Waals surface area contributed by atoms with Crippen LogP contribution in [0.1, 0.15) is 40.4 Å². The van der Waals surface area contributed by atoms with Crippen LogP contribution in [0.3, 0.4) is 0 Å². The highest BCUT2D eigenvalue weighted by molar-refractivity contribution is 5.88. The third-order valence-electron chi connectivity index (χ3n) is 3.96. The van der Waals surface area contributed by atoms with Crippen molar-refractivity contribution in [2.75, 3.05) is 0 Å². The lowest BCUT2D eigenvalue weighted by Gasteiger charge is -2.21. The zero-order valence-electron chi connectivity index (χ0n) is 11.9. The summed E-state index contributed by atoms with van der Waals surface area (Å²) in [6.45, 7) is 0. The fourth-order valence-corrected chi connectivity index (χ4v) is 2.86. The van der Waals surface area contributed by atoms with Crippen LogP contribution in [-0.4, -0.2) is 11.0 Å². The maximum atomic E-state index is 13.6. The zero-order valence-corrected chi connectivity index (χ0v) is 11.9. The van der Waals surface area contributed by atoms with Gasteiger partial charge >= 0.3 is 5.91 Å². The van der Waals surface area contributed by atoms with Crippen molar-refractivity contribution < 1.29 is 24.0 Å². The summed E-state index contributed by atoms with van der Waals surface area (Å²) >= 11 is 0. The van der Waals surface area contributed by atoms with E-state index in [1.54, 1.807) is 18.2 Å². The molecule has 0 aliphatic heterocycles. The lowest BCUT2D eigenvalue weighted by molar-refractivity contribution is -0.464. The van der Waals surface area contributed by atoms with Gasteiger partial charge in [0.05, 0.1) is 6.10 Å². The number of carbonyl (C=O) groups is 1. The normalized spacial score (nSPS) is 17.1. The molecule has 1 atom stereocenters. The first-order valence-electron chi connectivity index (χ1n) is 7.20. The molecule has 114 valence electrons. The van der Waals surface area contributed by atoms with Gasteiger partial charge in [-0.3, -0.25) is 0 Å². The van der Waals surface area contributed by atoms with Gasteiger partial charge in [-0.1, -0.05) is 12.1 Å². The highest BCUT2D eigenvalue weighted by Gasteiger charge is 2.23. The number of aliphatic hydroxyl groups excluding tert-OH is 1. The average molecular weight is 304 g/mol. The van der Waals surface area contributed by atoms with Crippen molar-refractivity contribution in [1.82, 2.24) is 0 Å². The minimum absolute atomic E-state index is 0.475. The van der Waals surface area contributed by atoms with Crippen LogP contribution in [0.4, 0.5) is 14.5 Å². The number of amides is 1. The summed E-state index contributed by atoms with van der Waals surface area (Å²) in [4.78, 5) is 12.1. The first kappa shape index (κ1) is 14.8. The van der Waals surface area contributed by atoms with E-state index in [1.807, 2.05) is 0 Å². The van der Waals surface area contributed by atoms with Crippen LogP contribution in [0.15, 0.2) is 36.4 Å². The number of aryl methyl sites for hydroxylation is 1. The molecule has 3 rings (SSSR count). The summed E-state index contributed by atoms with van der Waals surface area (Å²) in [7, 11) is 0. The number of benzene rings is 2.